The molecule has 9 heteroatoms. The van der Waals surface area contributed by atoms with Gasteiger partial charge >= 0.3 is 0 Å². The zero-order chi connectivity index (χ0) is 21.7. The van der Waals surface area contributed by atoms with Crippen molar-refractivity contribution < 1.29 is 18.7 Å². The van der Waals surface area contributed by atoms with Gasteiger partial charge in [-0.2, -0.15) is 5.10 Å². The molecule has 1 aromatic heterocycles. The molecule has 0 atom stereocenters. The van der Waals surface area contributed by atoms with Crippen LogP contribution in [-0.2, 0) is 11.2 Å². The number of hydrogen-bond acceptors (Lipinski definition) is 5. The van der Waals surface area contributed by atoms with E-state index in [-0.39, 0.29) is 22.3 Å². The molecule has 0 saturated heterocycles. The van der Waals surface area contributed by atoms with Gasteiger partial charge in [0.1, 0.15) is 5.76 Å². The number of fused-ring (bicyclic) bond motifs is 1. The summed E-state index contributed by atoms with van der Waals surface area (Å²) in [6.07, 6.45) is 2.90. The summed E-state index contributed by atoms with van der Waals surface area (Å²) in [6.45, 7) is 2.89. The first-order valence-electron chi connectivity index (χ1n) is 9.64. The highest BCUT2D eigenvalue weighted by molar-refractivity contribution is 6.36. The maximum Gasteiger partial charge on any atom is 0.287 e. The van der Waals surface area contributed by atoms with E-state index in [4.69, 9.17) is 32.4 Å². The summed E-state index contributed by atoms with van der Waals surface area (Å²) in [5.41, 5.74) is 5.00. The largest absolute Gasteiger partial charge is 0.455 e. The molecule has 0 spiro atoms. The van der Waals surface area contributed by atoms with Gasteiger partial charge in [0.15, 0.2) is 5.76 Å². The van der Waals surface area contributed by atoms with E-state index in [9.17, 15) is 9.59 Å². The van der Waals surface area contributed by atoms with Crippen molar-refractivity contribution in [3.05, 3.63) is 56.5 Å². The molecule has 0 fully saturated rings. The lowest BCUT2D eigenvalue weighted by Crippen LogP contribution is -2.25. The number of aryl methyl sites for hydroxylation is 1. The van der Waals surface area contributed by atoms with Gasteiger partial charge in [-0.15, -0.1) is 0 Å². The van der Waals surface area contributed by atoms with Crippen molar-refractivity contribution in [2.24, 2.45) is 5.10 Å². The van der Waals surface area contributed by atoms with Crippen molar-refractivity contribution in [2.75, 3.05) is 20.3 Å². The maximum atomic E-state index is 12.5. The average Bonchev–Trinajstić information content (AvgIpc) is 3.06. The number of ether oxygens (including phenoxy) is 1. The van der Waals surface area contributed by atoms with Gasteiger partial charge in [0.25, 0.3) is 11.8 Å². The second kappa shape index (κ2) is 10.1. The molecule has 2 N–H and O–H groups in total. The number of nitrogens with zero attached hydrogens (tertiary/aromatic N) is 1. The van der Waals surface area contributed by atoms with Gasteiger partial charge in [-0.25, -0.2) is 5.43 Å². The smallest absolute Gasteiger partial charge is 0.287 e. The second-order valence-corrected chi connectivity index (χ2v) is 7.78. The molecule has 1 heterocycles. The molecule has 1 aliphatic carbocycles. The molecule has 0 unspecified atom stereocenters. The summed E-state index contributed by atoms with van der Waals surface area (Å²) in [5.74, 6) is 0.278. The number of hydrazone groups is 1. The highest BCUT2D eigenvalue weighted by Gasteiger charge is 2.28. The summed E-state index contributed by atoms with van der Waals surface area (Å²) in [7, 11) is 1.62. The molecular weight excluding hydrogens is 429 g/mol. The molecule has 3 rings (SSSR count). The molecule has 7 nitrogen and oxygen atoms in total. The normalized spacial score (nSPS) is 14.5. The second-order valence-electron chi connectivity index (χ2n) is 6.93. The van der Waals surface area contributed by atoms with Crippen LogP contribution >= 0.6 is 23.2 Å². The van der Waals surface area contributed by atoms with E-state index in [1.165, 1.54) is 6.07 Å². The van der Waals surface area contributed by atoms with Crippen molar-refractivity contribution in [2.45, 2.75) is 32.6 Å². The number of nitrogens with one attached hydrogen (secondary N) is 2. The van der Waals surface area contributed by atoms with E-state index in [0.29, 0.717) is 54.5 Å². The number of rotatable bonds is 7. The van der Waals surface area contributed by atoms with Crippen molar-refractivity contribution in [3.8, 4) is 0 Å². The SMILES string of the molecule is COCCCNC(=O)c1oc2c(c1C)/C(=N/NC(=O)c1ccc(Cl)cc1Cl)CCC2. The Morgan fingerprint density at radius 1 is 1.23 bits per heavy atom. The number of benzene rings is 1. The van der Waals surface area contributed by atoms with Gasteiger partial charge < -0.3 is 14.5 Å². The summed E-state index contributed by atoms with van der Waals surface area (Å²) in [4.78, 5) is 24.9. The molecule has 160 valence electrons. The Morgan fingerprint density at radius 3 is 2.77 bits per heavy atom. The van der Waals surface area contributed by atoms with Crippen molar-refractivity contribution >= 4 is 40.7 Å². The summed E-state index contributed by atoms with van der Waals surface area (Å²) < 4.78 is 10.8. The number of furan rings is 1. The fourth-order valence-corrected chi connectivity index (χ4v) is 3.84. The average molecular weight is 452 g/mol. The first kappa shape index (κ1) is 22.3. The van der Waals surface area contributed by atoms with Crippen LogP contribution in [0.25, 0.3) is 0 Å². The topological polar surface area (TPSA) is 92.9 Å². The fourth-order valence-electron chi connectivity index (χ4n) is 3.35. The number of carbonyl (C=O) groups is 2. The molecule has 0 bridgehead atoms. The van der Waals surface area contributed by atoms with Crippen LogP contribution in [0.3, 0.4) is 0 Å². The minimum absolute atomic E-state index is 0.247. The zero-order valence-electron chi connectivity index (χ0n) is 16.8. The molecule has 2 aromatic rings. The van der Waals surface area contributed by atoms with Crippen LogP contribution < -0.4 is 10.7 Å². The predicted octanol–water partition coefficient (Wildman–Crippen LogP) is 4.13. The first-order chi connectivity index (χ1) is 14.4. The Bertz CT molecular complexity index is 985. The molecule has 0 saturated carbocycles. The minimum Gasteiger partial charge on any atom is -0.455 e. The molecule has 30 heavy (non-hydrogen) atoms. The molecule has 0 radical (unpaired) electrons. The molecule has 1 aromatic carbocycles. The maximum absolute atomic E-state index is 12.5. The Kier molecular flexibility index (Phi) is 7.53. The predicted molar refractivity (Wildman–Crippen MR) is 116 cm³/mol. The Hall–Kier alpha value is -2.35. The van der Waals surface area contributed by atoms with Gasteiger partial charge in [-0.3, -0.25) is 9.59 Å². The standard InChI is InChI=1S/C21H23Cl2N3O4/c1-12-18-16(25-26-20(27)14-8-7-13(22)11-15(14)23)5-3-6-17(18)30-19(12)21(28)24-9-4-10-29-2/h7-8,11H,3-6,9-10H2,1-2H3,(H,24,28)(H,26,27)/b25-16+. The quantitative estimate of drug-likeness (QED) is 0.488. The third kappa shape index (κ3) is 5.03. The molecule has 2 amide bonds. The highest BCUT2D eigenvalue weighted by Crippen LogP contribution is 2.30. The van der Waals surface area contributed by atoms with E-state index in [0.717, 1.165) is 12.0 Å². The van der Waals surface area contributed by atoms with Crippen molar-refractivity contribution in [1.82, 2.24) is 10.7 Å². The van der Waals surface area contributed by atoms with Gasteiger partial charge in [-0.1, -0.05) is 23.2 Å². The molecule has 0 aliphatic heterocycles. The van der Waals surface area contributed by atoms with E-state index in [1.807, 2.05) is 6.92 Å². The number of halogens is 2. The van der Waals surface area contributed by atoms with Gasteiger partial charge in [0.2, 0.25) is 0 Å². The van der Waals surface area contributed by atoms with E-state index < -0.39 is 5.91 Å². The van der Waals surface area contributed by atoms with Crippen LogP contribution in [0.5, 0.6) is 0 Å². The van der Waals surface area contributed by atoms with Gasteiger partial charge in [-0.05, 0) is 44.4 Å². The van der Waals surface area contributed by atoms with Crippen LogP contribution in [-0.4, -0.2) is 37.8 Å². The van der Waals surface area contributed by atoms with Crippen LogP contribution in [0.1, 0.15) is 57.1 Å². The minimum atomic E-state index is -0.437. The van der Waals surface area contributed by atoms with Crippen LogP contribution in [0.2, 0.25) is 10.0 Å². The van der Waals surface area contributed by atoms with E-state index in [1.54, 1.807) is 19.2 Å². The van der Waals surface area contributed by atoms with Crippen LogP contribution in [0.15, 0.2) is 27.7 Å². The lowest BCUT2D eigenvalue weighted by Gasteiger charge is -2.13. The van der Waals surface area contributed by atoms with Gasteiger partial charge in [0, 0.05) is 42.8 Å². The van der Waals surface area contributed by atoms with Crippen molar-refractivity contribution in [1.29, 1.82) is 0 Å². The number of hydrogen-bond donors (Lipinski definition) is 2. The number of carbonyl (C=O) groups excluding carboxylic acids is 2. The molecular formula is C21H23Cl2N3O4. The third-order valence-corrected chi connectivity index (χ3v) is 5.36. The zero-order valence-corrected chi connectivity index (χ0v) is 18.3. The van der Waals surface area contributed by atoms with Crippen LogP contribution in [0, 0.1) is 6.92 Å². The van der Waals surface area contributed by atoms with E-state index >= 15 is 0 Å². The Morgan fingerprint density at radius 2 is 2.03 bits per heavy atom. The van der Waals surface area contributed by atoms with E-state index in [2.05, 4.69) is 15.8 Å². The lowest BCUT2D eigenvalue weighted by atomic mass is 9.93. The number of methoxy groups -OCH3 is 1. The molecule has 1 aliphatic rings. The fraction of sp³-hybridized carbons (Fsp3) is 0.381. The van der Waals surface area contributed by atoms with Crippen molar-refractivity contribution in [3.63, 3.8) is 0 Å². The Labute approximate surface area is 184 Å². The lowest BCUT2D eigenvalue weighted by molar-refractivity contribution is 0.0916. The summed E-state index contributed by atoms with van der Waals surface area (Å²) >= 11 is 12.0. The van der Waals surface area contributed by atoms with Gasteiger partial charge in [0.05, 0.1) is 16.3 Å². The first-order valence-corrected chi connectivity index (χ1v) is 10.4. The number of amides is 2. The third-order valence-electron chi connectivity index (χ3n) is 4.81. The summed E-state index contributed by atoms with van der Waals surface area (Å²) in [6, 6.07) is 4.63. The Balaban J connectivity index is 1.77. The highest BCUT2D eigenvalue weighted by atomic mass is 35.5. The summed E-state index contributed by atoms with van der Waals surface area (Å²) in [5, 5.41) is 7.83. The van der Waals surface area contributed by atoms with Crippen LogP contribution in [0.4, 0.5) is 0 Å². The monoisotopic (exact) mass is 451 g/mol.